The molecule has 0 atom stereocenters. The van der Waals surface area contributed by atoms with Crippen molar-refractivity contribution in [3.8, 4) is 0 Å². The van der Waals surface area contributed by atoms with Crippen LogP contribution in [0.15, 0.2) is 23.8 Å². The largest absolute Gasteiger partial charge is 0.295 e. The molecule has 2 heteroatoms. The standard InChI is InChI=1S/C9H14O.C2H3Cl/c1-7-4-8(10)6-9(2,3)5-7;1-2-3/h4H,5-6H2,1-3H3;2H,1H2. The predicted octanol–water partition coefficient (Wildman–Crippen LogP) is 3.69. The number of hydrogen-bond acceptors (Lipinski definition) is 1. The first-order valence-corrected chi connectivity index (χ1v) is 4.76. The Morgan fingerprint density at radius 1 is 1.54 bits per heavy atom. The maximum Gasteiger partial charge on any atom is 0.156 e. The molecule has 0 aromatic rings. The van der Waals surface area contributed by atoms with Crippen LogP contribution in [0, 0.1) is 5.41 Å². The lowest BCUT2D eigenvalue weighted by molar-refractivity contribution is -0.117. The van der Waals surface area contributed by atoms with Crippen LogP contribution in [0.2, 0.25) is 0 Å². The first-order valence-electron chi connectivity index (χ1n) is 4.32. The van der Waals surface area contributed by atoms with E-state index in [-0.39, 0.29) is 11.2 Å². The number of halogens is 1. The van der Waals surface area contributed by atoms with Crippen molar-refractivity contribution in [1.29, 1.82) is 0 Å². The number of carbonyl (C=O) groups is 1. The van der Waals surface area contributed by atoms with Crippen LogP contribution in [-0.4, -0.2) is 5.78 Å². The monoisotopic (exact) mass is 200 g/mol. The van der Waals surface area contributed by atoms with Crippen molar-refractivity contribution in [1.82, 2.24) is 0 Å². The Morgan fingerprint density at radius 2 is 2.00 bits per heavy atom. The Bertz CT molecular complexity index is 226. The van der Waals surface area contributed by atoms with Gasteiger partial charge >= 0.3 is 0 Å². The number of allylic oxidation sites excluding steroid dienone is 2. The van der Waals surface area contributed by atoms with Crippen LogP contribution in [0.5, 0.6) is 0 Å². The van der Waals surface area contributed by atoms with Gasteiger partial charge in [0, 0.05) is 6.42 Å². The van der Waals surface area contributed by atoms with Crippen LogP contribution in [0.25, 0.3) is 0 Å². The summed E-state index contributed by atoms with van der Waals surface area (Å²) in [5.74, 6) is 0.286. The van der Waals surface area contributed by atoms with E-state index >= 15 is 0 Å². The molecule has 0 spiro atoms. The fraction of sp³-hybridized carbons (Fsp3) is 0.545. The smallest absolute Gasteiger partial charge is 0.156 e. The lowest BCUT2D eigenvalue weighted by Crippen LogP contribution is -2.20. The molecule has 0 saturated heterocycles. The van der Waals surface area contributed by atoms with Gasteiger partial charge in [0.25, 0.3) is 0 Å². The molecule has 1 nitrogen and oxygen atoms in total. The highest BCUT2D eigenvalue weighted by Gasteiger charge is 2.25. The number of rotatable bonds is 0. The highest BCUT2D eigenvalue weighted by atomic mass is 35.5. The van der Waals surface area contributed by atoms with Gasteiger partial charge in [-0.2, -0.15) is 0 Å². The van der Waals surface area contributed by atoms with E-state index in [2.05, 4.69) is 20.4 Å². The molecule has 1 rings (SSSR count). The zero-order valence-corrected chi connectivity index (χ0v) is 9.32. The van der Waals surface area contributed by atoms with E-state index in [9.17, 15) is 4.79 Å². The maximum absolute atomic E-state index is 11.0. The van der Waals surface area contributed by atoms with Crippen molar-refractivity contribution >= 4 is 17.4 Å². The zero-order chi connectivity index (χ0) is 10.5. The minimum absolute atomic E-state index is 0.204. The molecule has 1 aliphatic rings. The van der Waals surface area contributed by atoms with Crippen LogP contribution >= 0.6 is 11.6 Å². The van der Waals surface area contributed by atoms with E-state index in [4.69, 9.17) is 11.6 Å². The Morgan fingerprint density at radius 3 is 2.31 bits per heavy atom. The van der Waals surface area contributed by atoms with E-state index < -0.39 is 0 Å². The summed E-state index contributed by atoms with van der Waals surface area (Å²) >= 11 is 4.76. The first-order chi connectivity index (χ1) is 5.91. The van der Waals surface area contributed by atoms with Crippen molar-refractivity contribution < 1.29 is 4.79 Å². The van der Waals surface area contributed by atoms with Gasteiger partial charge in [0.15, 0.2) is 5.78 Å². The van der Waals surface area contributed by atoms with Gasteiger partial charge in [-0.15, -0.1) is 0 Å². The van der Waals surface area contributed by atoms with E-state index in [0.717, 1.165) is 6.42 Å². The quantitative estimate of drug-likeness (QED) is 0.583. The summed E-state index contributed by atoms with van der Waals surface area (Å²) in [5, 5.41) is 0. The Labute approximate surface area is 85.5 Å². The van der Waals surface area contributed by atoms with Gasteiger partial charge in [0.2, 0.25) is 0 Å². The molecular formula is C11H17ClO. The summed E-state index contributed by atoms with van der Waals surface area (Å²) in [6.45, 7) is 9.43. The molecule has 13 heavy (non-hydrogen) atoms. The van der Waals surface area contributed by atoms with Gasteiger partial charge in [-0.25, -0.2) is 0 Å². The molecule has 74 valence electrons. The fourth-order valence-corrected chi connectivity index (χ4v) is 1.67. The Hall–Kier alpha value is -0.560. The highest BCUT2D eigenvalue weighted by Crippen LogP contribution is 2.32. The SMILES string of the molecule is C=CCl.CC1=CC(=O)CC(C)(C)C1. The lowest BCUT2D eigenvalue weighted by Gasteiger charge is -2.27. The molecule has 0 bridgehead atoms. The normalized spacial score (nSPS) is 19.7. The summed E-state index contributed by atoms with van der Waals surface area (Å²) in [5.41, 5.74) is 2.65. The van der Waals surface area contributed by atoms with Crippen molar-refractivity contribution in [3.05, 3.63) is 23.8 Å². The molecule has 0 fully saturated rings. The fourth-order valence-electron chi connectivity index (χ4n) is 1.67. The third-order valence-corrected chi connectivity index (χ3v) is 1.82. The minimum atomic E-state index is 0.204. The average Bonchev–Trinajstić information content (AvgIpc) is 1.81. The van der Waals surface area contributed by atoms with Crippen LogP contribution in [0.3, 0.4) is 0 Å². The maximum atomic E-state index is 11.0. The first kappa shape index (κ1) is 12.4. The molecule has 0 aliphatic heterocycles. The van der Waals surface area contributed by atoms with Gasteiger partial charge < -0.3 is 0 Å². The van der Waals surface area contributed by atoms with Crippen molar-refractivity contribution in [2.75, 3.05) is 0 Å². The Balaban J connectivity index is 0.000000424. The topological polar surface area (TPSA) is 17.1 Å². The van der Waals surface area contributed by atoms with Gasteiger partial charge in [-0.05, 0) is 30.4 Å². The van der Waals surface area contributed by atoms with E-state index in [1.165, 1.54) is 11.1 Å². The van der Waals surface area contributed by atoms with Crippen LogP contribution in [-0.2, 0) is 4.79 Å². The molecular weight excluding hydrogens is 184 g/mol. The molecule has 0 aromatic heterocycles. The van der Waals surface area contributed by atoms with Crippen molar-refractivity contribution in [3.63, 3.8) is 0 Å². The number of ketones is 1. The van der Waals surface area contributed by atoms with Gasteiger partial charge in [0.05, 0.1) is 0 Å². The summed E-state index contributed by atoms with van der Waals surface area (Å²) in [4.78, 5) is 11.0. The van der Waals surface area contributed by atoms with Gasteiger partial charge in [-0.3, -0.25) is 4.79 Å². The second kappa shape index (κ2) is 5.23. The average molecular weight is 201 g/mol. The van der Waals surface area contributed by atoms with E-state index in [1.54, 1.807) is 6.08 Å². The van der Waals surface area contributed by atoms with Crippen molar-refractivity contribution in [2.45, 2.75) is 33.6 Å². The van der Waals surface area contributed by atoms with E-state index in [1.807, 2.05) is 6.92 Å². The summed E-state index contributed by atoms with van der Waals surface area (Å²) in [7, 11) is 0. The Kier molecular flexibility index (Phi) is 5.01. The van der Waals surface area contributed by atoms with Gasteiger partial charge in [-0.1, -0.05) is 37.6 Å². The third kappa shape index (κ3) is 5.64. The summed E-state index contributed by atoms with van der Waals surface area (Å²) < 4.78 is 0. The van der Waals surface area contributed by atoms with E-state index in [0.29, 0.717) is 6.42 Å². The second-order valence-corrected chi connectivity index (χ2v) is 4.44. The van der Waals surface area contributed by atoms with Gasteiger partial charge in [0.1, 0.15) is 0 Å². The zero-order valence-electron chi connectivity index (χ0n) is 8.56. The minimum Gasteiger partial charge on any atom is -0.295 e. The number of carbonyl (C=O) groups excluding carboxylic acids is 1. The summed E-state index contributed by atoms with van der Waals surface area (Å²) in [6, 6.07) is 0. The lowest BCUT2D eigenvalue weighted by atomic mass is 9.77. The van der Waals surface area contributed by atoms with Crippen LogP contribution in [0.1, 0.15) is 33.6 Å². The molecule has 0 heterocycles. The molecule has 1 aliphatic carbocycles. The molecule has 0 aromatic carbocycles. The van der Waals surface area contributed by atoms with Crippen LogP contribution < -0.4 is 0 Å². The summed E-state index contributed by atoms with van der Waals surface area (Å²) in [6.07, 6.45) is 3.55. The molecule has 0 radical (unpaired) electrons. The number of hydrogen-bond donors (Lipinski definition) is 0. The molecule has 0 unspecified atom stereocenters. The van der Waals surface area contributed by atoms with Crippen LogP contribution in [0.4, 0.5) is 0 Å². The molecule has 0 N–H and O–H groups in total. The molecule has 0 amide bonds. The third-order valence-electron chi connectivity index (χ3n) is 1.82. The highest BCUT2D eigenvalue weighted by molar-refractivity contribution is 6.25. The molecule has 0 saturated carbocycles. The predicted molar refractivity (Wildman–Crippen MR) is 57.8 cm³/mol. The second-order valence-electron chi connectivity index (χ2n) is 4.13. The van der Waals surface area contributed by atoms with Crippen molar-refractivity contribution in [2.24, 2.45) is 5.41 Å².